The number of hydrogen-bond donors (Lipinski definition) is 1. The first-order valence-electron chi connectivity index (χ1n) is 6.76. The highest BCUT2D eigenvalue weighted by molar-refractivity contribution is 9.10. The number of rotatable bonds is 3. The minimum atomic E-state index is -0.0646. The highest BCUT2D eigenvalue weighted by Crippen LogP contribution is 2.32. The second-order valence-corrected chi connectivity index (χ2v) is 7.01. The number of benzene rings is 1. The van der Waals surface area contributed by atoms with Gasteiger partial charge in [0.1, 0.15) is 5.82 Å². The van der Waals surface area contributed by atoms with E-state index in [2.05, 4.69) is 66.4 Å². The van der Waals surface area contributed by atoms with Crippen LogP contribution in [0.3, 0.4) is 0 Å². The molecule has 3 nitrogen and oxygen atoms in total. The molecule has 1 aromatic carbocycles. The van der Waals surface area contributed by atoms with Crippen LogP contribution in [-0.2, 0) is 6.54 Å². The Bertz CT molecular complexity index is 581. The van der Waals surface area contributed by atoms with Crippen LogP contribution in [0.1, 0.15) is 46.0 Å². The standard InChI is InChI=1S/C15H22BrN3/c1-5-8-19-12-7-6-10(16)9-11(12)18-14(19)13(17)15(2,3)4/h6-7,9,13H,5,8,17H2,1-4H3. The molecule has 2 N–H and O–H groups in total. The van der Waals surface area contributed by atoms with Crippen LogP contribution in [-0.4, -0.2) is 9.55 Å². The first-order chi connectivity index (χ1) is 8.84. The monoisotopic (exact) mass is 323 g/mol. The molecule has 1 atom stereocenters. The van der Waals surface area contributed by atoms with Gasteiger partial charge >= 0.3 is 0 Å². The van der Waals surface area contributed by atoms with Crippen LogP contribution in [0.15, 0.2) is 22.7 Å². The number of imidazole rings is 1. The summed E-state index contributed by atoms with van der Waals surface area (Å²) in [5.41, 5.74) is 8.59. The van der Waals surface area contributed by atoms with Crippen molar-refractivity contribution in [2.75, 3.05) is 0 Å². The van der Waals surface area contributed by atoms with Crippen molar-refractivity contribution in [1.82, 2.24) is 9.55 Å². The molecule has 0 fully saturated rings. The summed E-state index contributed by atoms with van der Waals surface area (Å²) in [6.07, 6.45) is 1.07. The van der Waals surface area contributed by atoms with Gasteiger partial charge in [-0.2, -0.15) is 0 Å². The zero-order chi connectivity index (χ0) is 14.2. The molecule has 0 aliphatic heterocycles. The van der Waals surface area contributed by atoms with E-state index in [4.69, 9.17) is 10.7 Å². The smallest absolute Gasteiger partial charge is 0.127 e. The highest BCUT2D eigenvalue weighted by Gasteiger charge is 2.27. The molecule has 1 unspecified atom stereocenters. The molecular formula is C15H22BrN3. The van der Waals surface area contributed by atoms with E-state index >= 15 is 0 Å². The molecule has 0 spiro atoms. The van der Waals surface area contributed by atoms with Crippen molar-refractivity contribution in [3.8, 4) is 0 Å². The third kappa shape index (κ3) is 2.84. The van der Waals surface area contributed by atoms with Crippen LogP contribution in [0.4, 0.5) is 0 Å². The number of halogens is 1. The second kappa shape index (κ2) is 5.25. The van der Waals surface area contributed by atoms with E-state index in [0.717, 1.165) is 28.8 Å². The summed E-state index contributed by atoms with van der Waals surface area (Å²) >= 11 is 3.50. The van der Waals surface area contributed by atoms with Gasteiger partial charge in [0.15, 0.2) is 0 Å². The summed E-state index contributed by atoms with van der Waals surface area (Å²) in [5, 5.41) is 0. The van der Waals surface area contributed by atoms with Crippen LogP contribution in [0, 0.1) is 5.41 Å². The molecule has 104 valence electrons. The van der Waals surface area contributed by atoms with Crippen molar-refractivity contribution in [1.29, 1.82) is 0 Å². The lowest BCUT2D eigenvalue weighted by Gasteiger charge is -2.27. The Labute approximate surface area is 123 Å². The number of aromatic nitrogens is 2. The molecule has 1 heterocycles. The third-order valence-electron chi connectivity index (χ3n) is 3.40. The van der Waals surface area contributed by atoms with Gasteiger partial charge in [-0.3, -0.25) is 0 Å². The van der Waals surface area contributed by atoms with E-state index in [-0.39, 0.29) is 11.5 Å². The van der Waals surface area contributed by atoms with Crippen molar-refractivity contribution < 1.29 is 0 Å². The Hall–Kier alpha value is -0.870. The molecule has 0 aliphatic carbocycles. The zero-order valence-corrected chi connectivity index (χ0v) is 13.7. The minimum absolute atomic E-state index is 0.00407. The lowest BCUT2D eigenvalue weighted by atomic mass is 9.87. The summed E-state index contributed by atoms with van der Waals surface area (Å²) in [5.74, 6) is 0.988. The van der Waals surface area contributed by atoms with Gasteiger partial charge in [0, 0.05) is 11.0 Å². The molecule has 0 saturated heterocycles. The quantitative estimate of drug-likeness (QED) is 0.917. The van der Waals surface area contributed by atoms with Crippen molar-refractivity contribution in [3.05, 3.63) is 28.5 Å². The molecule has 1 aromatic heterocycles. The summed E-state index contributed by atoms with van der Waals surface area (Å²) in [4.78, 5) is 4.77. The maximum Gasteiger partial charge on any atom is 0.127 e. The maximum atomic E-state index is 6.41. The van der Waals surface area contributed by atoms with Crippen molar-refractivity contribution in [2.24, 2.45) is 11.1 Å². The third-order valence-corrected chi connectivity index (χ3v) is 3.89. The van der Waals surface area contributed by atoms with Gasteiger partial charge in [-0.15, -0.1) is 0 Å². The second-order valence-electron chi connectivity index (χ2n) is 6.10. The summed E-state index contributed by atoms with van der Waals surface area (Å²) in [6.45, 7) is 9.60. The molecule has 0 amide bonds. The normalized spacial score (nSPS) is 14.0. The first kappa shape index (κ1) is 14.5. The van der Waals surface area contributed by atoms with Gasteiger partial charge in [-0.1, -0.05) is 43.6 Å². The Morgan fingerprint density at radius 1 is 1.37 bits per heavy atom. The number of hydrogen-bond acceptors (Lipinski definition) is 2. The Morgan fingerprint density at radius 3 is 2.63 bits per heavy atom. The van der Waals surface area contributed by atoms with Crippen molar-refractivity contribution in [3.63, 3.8) is 0 Å². The fourth-order valence-electron chi connectivity index (χ4n) is 2.20. The molecule has 19 heavy (non-hydrogen) atoms. The van der Waals surface area contributed by atoms with Crippen LogP contribution in [0.25, 0.3) is 11.0 Å². The summed E-state index contributed by atoms with van der Waals surface area (Å²) in [6, 6.07) is 6.16. The van der Waals surface area contributed by atoms with Gasteiger partial charge < -0.3 is 10.3 Å². The molecule has 0 bridgehead atoms. The van der Waals surface area contributed by atoms with Crippen LogP contribution >= 0.6 is 15.9 Å². The number of nitrogens with zero attached hydrogens (tertiary/aromatic N) is 2. The van der Waals surface area contributed by atoms with E-state index in [1.165, 1.54) is 5.52 Å². The predicted molar refractivity (Wildman–Crippen MR) is 84.1 cm³/mol. The fourth-order valence-corrected chi connectivity index (χ4v) is 2.55. The van der Waals surface area contributed by atoms with Gasteiger partial charge in [0.05, 0.1) is 17.1 Å². The molecule has 2 aromatic rings. The van der Waals surface area contributed by atoms with Gasteiger partial charge in [-0.05, 0) is 30.0 Å². The lowest BCUT2D eigenvalue weighted by Crippen LogP contribution is -2.29. The van der Waals surface area contributed by atoms with E-state index in [0.29, 0.717) is 0 Å². The zero-order valence-electron chi connectivity index (χ0n) is 12.1. The molecule has 0 saturated carbocycles. The number of nitrogens with two attached hydrogens (primary N) is 1. The summed E-state index contributed by atoms with van der Waals surface area (Å²) < 4.78 is 3.31. The largest absolute Gasteiger partial charge is 0.327 e. The Morgan fingerprint density at radius 2 is 2.05 bits per heavy atom. The number of aryl methyl sites for hydroxylation is 1. The maximum absolute atomic E-state index is 6.41. The molecule has 4 heteroatoms. The van der Waals surface area contributed by atoms with Crippen LogP contribution in [0.5, 0.6) is 0 Å². The number of fused-ring (bicyclic) bond motifs is 1. The SMILES string of the molecule is CCCn1c(C(N)C(C)(C)C)nc2cc(Br)ccc21. The van der Waals surface area contributed by atoms with E-state index in [1.807, 2.05) is 0 Å². The average Bonchev–Trinajstić information content (AvgIpc) is 2.65. The van der Waals surface area contributed by atoms with E-state index in [1.54, 1.807) is 0 Å². The van der Waals surface area contributed by atoms with Crippen LogP contribution in [0.2, 0.25) is 0 Å². The minimum Gasteiger partial charge on any atom is -0.327 e. The summed E-state index contributed by atoms with van der Waals surface area (Å²) in [7, 11) is 0. The molecule has 2 rings (SSSR count). The topological polar surface area (TPSA) is 43.8 Å². The average molecular weight is 324 g/mol. The van der Waals surface area contributed by atoms with Gasteiger partial charge in [-0.25, -0.2) is 4.98 Å². The van der Waals surface area contributed by atoms with Crippen molar-refractivity contribution >= 4 is 27.0 Å². The van der Waals surface area contributed by atoms with E-state index in [9.17, 15) is 0 Å². The first-order valence-corrected chi connectivity index (χ1v) is 7.55. The highest BCUT2D eigenvalue weighted by atomic mass is 79.9. The fraction of sp³-hybridized carbons (Fsp3) is 0.533. The molecule has 0 aliphatic rings. The van der Waals surface area contributed by atoms with Gasteiger partial charge in [0.2, 0.25) is 0 Å². The Balaban J connectivity index is 2.62. The molecule has 0 radical (unpaired) electrons. The van der Waals surface area contributed by atoms with Gasteiger partial charge in [0.25, 0.3) is 0 Å². The molecular weight excluding hydrogens is 302 g/mol. The van der Waals surface area contributed by atoms with Crippen molar-refractivity contribution in [2.45, 2.75) is 46.7 Å². The van der Waals surface area contributed by atoms with E-state index < -0.39 is 0 Å². The predicted octanol–water partition coefficient (Wildman–Crippen LogP) is 4.25. The Kier molecular flexibility index (Phi) is 4.02. The van der Waals surface area contributed by atoms with Crippen LogP contribution < -0.4 is 5.73 Å². The lowest BCUT2D eigenvalue weighted by molar-refractivity contribution is 0.308.